The number of carbonyl (C=O) groups is 1. The number of rotatable bonds is 4. The smallest absolute Gasteiger partial charge is 0.183 e. The molecule has 24 heavy (non-hydrogen) atoms. The summed E-state index contributed by atoms with van der Waals surface area (Å²) in [5.41, 5.74) is 1.97. The highest BCUT2D eigenvalue weighted by atomic mass is 79.9. The van der Waals surface area contributed by atoms with E-state index in [1.54, 1.807) is 19.2 Å². The second-order valence-corrected chi connectivity index (χ2v) is 6.38. The maximum atomic E-state index is 13.7. The first-order valence-corrected chi connectivity index (χ1v) is 8.13. The highest BCUT2D eigenvalue weighted by molar-refractivity contribution is 9.09. The first-order chi connectivity index (χ1) is 11.4. The van der Waals surface area contributed by atoms with Crippen LogP contribution in [-0.2, 0) is 0 Å². The number of aryl methyl sites for hydroxylation is 1. The Kier molecular flexibility index (Phi) is 4.41. The number of carbonyl (C=O) groups excluding carboxylic acids is 1. The van der Waals surface area contributed by atoms with Crippen LogP contribution in [0.2, 0.25) is 0 Å². The minimum absolute atomic E-state index is 0.225. The number of ketones is 1. The van der Waals surface area contributed by atoms with Gasteiger partial charge in [-0.05, 0) is 30.7 Å². The lowest BCUT2D eigenvalue weighted by Gasteiger charge is -2.13. The zero-order valence-corrected chi connectivity index (χ0v) is 14.6. The van der Waals surface area contributed by atoms with Gasteiger partial charge in [0.15, 0.2) is 5.78 Å². The molecule has 1 N–H and O–H groups in total. The Bertz CT molecular complexity index is 936. The van der Waals surface area contributed by atoms with E-state index in [-0.39, 0.29) is 17.3 Å². The lowest BCUT2D eigenvalue weighted by Crippen LogP contribution is -2.08. The van der Waals surface area contributed by atoms with E-state index in [4.69, 9.17) is 4.74 Å². The van der Waals surface area contributed by atoms with Gasteiger partial charge in [0.1, 0.15) is 22.2 Å². The van der Waals surface area contributed by atoms with E-state index in [0.29, 0.717) is 27.6 Å². The molecular weight excluding hydrogens is 380 g/mol. The molecule has 0 saturated heterocycles. The average Bonchev–Trinajstić information content (AvgIpc) is 2.96. The average molecular weight is 394 g/mol. The van der Waals surface area contributed by atoms with Crippen molar-refractivity contribution in [3.8, 4) is 5.75 Å². The van der Waals surface area contributed by atoms with Gasteiger partial charge in [-0.2, -0.15) is 0 Å². The summed E-state index contributed by atoms with van der Waals surface area (Å²) in [4.78, 5) is 15.1. The molecule has 0 aliphatic rings. The van der Waals surface area contributed by atoms with Crippen LogP contribution in [0.5, 0.6) is 5.75 Å². The molecule has 0 fully saturated rings. The van der Waals surface area contributed by atoms with E-state index in [0.717, 1.165) is 0 Å². The third-order valence-corrected chi connectivity index (χ3v) is 4.83. The first-order valence-electron chi connectivity index (χ1n) is 7.21. The summed E-state index contributed by atoms with van der Waals surface area (Å²) in [6, 6.07) is 7.00. The van der Waals surface area contributed by atoms with E-state index in [9.17, 15) is 13.6 Å². The number of benzene rings is 2. The van der Waals surface area contributed by atoms with Gasteiger partial charge in [0, 0.05) is 34.3 Å². The molecule has 0 radical (unpaired) electrons. The number of Topliss-reactive ketones (excluding diaryl/α,β-unsaturated/α-hetero) is 1. The largest absolute Gasteiger partial charge is 0.496 e. The summed E-state index contributed by atoms with van der Waals surface area (Å²) < 4.78 is 32.2. The Labute approximate surface area is 145 Å². The molecule has 124 valence electrons. The molecule has 1 unspecified atom stereocenters. The molecule has 0 aliphatic heterocycles. The maximum Gasteiger partial charge on any atom is 0.183 e. The monoisotopic (exact) mass is 393 g/mol. The van der Waals surface area contributed by atoms with Crippen molar-refractivity contribution in [2.24, 2.45) is 0 Å². The number of nitrogens with one attached hydrogen (secondary N) is 1. The fourth-order valence-corrected chi connectivity index (χ4v) is 3.25. The van der Waals surface area contributed by atoms with Gasteiger partial charge in [-0.15, -0.1) is 0 Å². The highest BCUT2D eigenvalue weighted by Crippen LogP contribution is 2.36. The second kappa shape index (κ2) is 6.36. The molecule has 0 amide bonds. The number of halogens is 3. The lowest BCUT2D eigenvalue weighted by molar-refractivity contribution is 0.0992. The van der Waals surface area contributed by atoms with Crippen LogP contribution in [0.25, 0.3) is 10.9 Å². The molecule has 2 aromatic carbocycles. The van der Waals surface area contributed by atoms with Crippen molar-refractivity contribution in [2.45, 2.75) is 11.8 Å². The predicted molar refractivity (Wildman–Crippen MR) is 91.9 cm³/mol. The van der Waals surface area contributed by atoms with E-state index >= 15 is 0 Å². The summed E-state index contributed by atoms with van der Waals surface area (Å²) >= 11 is 3.37. The van der Waals surface area contributed by atoms with Crippen LogP contribution in [0.3, 0.4) is 0 Å². The maximum absolute atomic E-state index is 13.7. The molecule has 1 aromatic heterocycles. The Hall–Kier alpha value is -2.21. The molecule has 1 atom stereocenters. The van der Waals surface area contributed by atoms with Crippen LogP contribution in [0.4, 0.5) is 8.78 Å². The zero-order valence-electron chi connectivity index (χ0n) is 13.0. The number of hydrogen-bond donors (Lipinski definition) is 1. The van der Waals surface area contributed by atoms with Crippen molar-refractivity contribution < 1.29 is 18.3 Å². The van der Waals surface area contributed by atoms with Gasteiger partial charge >= 0.3 is 0 Å². The summed E-state index contributed by atoms with van der Waals surface area (Å²) in [5.74, 6) is -0.718. The normalized spacial score (nSPS) is 12.4. The molecule has 1 heterocycles. The van der Waals surface area contributed by atoms with Crippen molar-refractivity contribution in [2.75, 3.05) is 7.11 Å². The van der Waals surface area contributed by atoms with Gasteiger partial charge in [-0.3, -0.25) is 4.79 Å². The molecule has 0 spiro atoms. The molecule has 3 aromatic rings. The van der Waals surface area contributed by atoms with Gasteiger partial charge in [-0.25, -0.2) is 8.78 Å². The number of hydrogen-bond acceptors (Lipinski definition) is 2. The van der Waals surface area contributed by atoms with Crippen LogP contribution in [-0.4, -0.2) is 17.9 Å². The van der Waals surface area contributed by atoms with Gasteiger partial charge in [0.2, 0.25) is 0 Å². The number of aromatic nitrogens is 1. The second-order valence-electron chi connectivity index (χ2n) is 5.46. The number of ether oxygens (including phenoxy) is 1. The summed E-state index contributed by atoms with van der Waals surface area (Å²) in [7, 11) is 1.42. The van der Waals surface area contributed by atoms with Crippen molar-refractivity contribution in [1.82, 2.24) is 4.98 Å². The third kappa shape index (κ3) is 2.82. The quantitative estimate of drug-likeness (QED) is 0.495. The zero-order chi connectivity index (χ0) is 17.4. The SMILES string of the molecule is COc1cc(F)ccc1C(Br)C(=O)c1c[nH]c2cc(F)c(C)cc12. The minimum atomic E-state index is -0.711. The van der Waals surface area contributed by atoms with E-state index in [2.05, 4.69) is 20.9 Å². The van der Waals surface area contributed by atoms with Gasteiger partial charge in [-0.1, -0.05) is 22.0 Å². The standard InChI is InChI=1S/C18H14BrF2NO2/c1-9-5-12-13(8-22-15(12)7-14(9)21)18(23)17(19)11-4-3-10(20)6-16(11)24-2/h3-8,17,22H,1-2H3. The Morgan fingerprint density at radius 3 is 2.71 bits per heavy atom. The van der Waals surface area contributed by atoms with Gasteiger partial charge in [0.25, 0.3) is 0 Å². The first kappa shape index (κ1) is 16.6. The number of aromatic amines is 1. The highest BCUT2D eigenvalue weighted by Gasteiger charge is 2.25. The van der Waals surface area contributed by atoms with Crippen LogP contribution < -0.4 is 4.74 Å². The van der Waals surface area contributed by atoms with Crippen LogP contribution >= 0.6 is 15.9 Å². The van der Waals surface area contributed by atoms with Gasteiger partial charge in [0.05, 0.1) is 7.11 Å². The van der Waals surface area contributed by atoms with E-state index < -0.39 is 10.6 Å². The summed E-state index contributed by atoms with van der Waals surface area (Å²) in [6.45, 7) is 1.64. The molecule has 0 aliphatic carbocycles. The molecular formula is C18H14BrF2NO2. The molecule has 3 rings (SSSR count). The Morgan fingerprint density at radius 2 is 2.00 bits per heavy atom. The summed E-state index contributed by atoms with van der Waals surface area (Å²) in [6.07, 6.45) is 1.55. The minimum Gasteiger partial charge on any atom is -0.496 e. The van der Waals surface area contributed by atoms with Crippen molar-refractivity contribution in [3.63, 3.8) is 0 Å². The van der Waals surface area contributed by atoms with Crippen molar-refractivity contribution in [1.29, 1.82) is 0 Å². The number of alkyl halides is 1. The fourth-order valence-electron chi connectivity index (χ4n) is 2.63. The molecule has 0 saturated carbocycles. The van der Waals surface area contributed by atoms with Crippen molar-refractivity contribution >= 4 is 32.6 Å². The van der Waals surface area contributed by atoms with Crippen LogP contribution in [0, 0.1) is 18.6 Å². The van der Waals surface area contributed by atoms with Crippen LogP contribution in [0.15, 0.2) is 36.5 Å². The molecule has 3 nitrogen and oxygen atoms in total. The third-order valence-electron chi connectivity index (χ3n) is 3.93. The van der Waals surface area contributed by atoms with Gasteiger partial charge < -0.3 is 9.72 Å². The number of fused-ring (bicyclic) bond motifs is 1. The van der Waals surface area contributed by atoms with Crippen molar-refractivity contribution in [3.05, 3.63) is 64.9 Å². The number of methoxy groups -OCH3 is 1. The van der Waals surface area contributed by atoms with Crippen LogP contribution in [0.1, 0.15) is 26.3 Å². The molecule has 6 heteroatoms. The summed E-state index contributed by atoms with van der Waals surface area (Å²) in [5, 5.41) is 0.643. The Morgan fingerprint density at radius 1 is 1.25 bits per heavy atom. The predicted octanol–water partition coefficient (Wildman–Crippen LogP) is 5.08. The van der Waals surface area contributed by atoms with E-state index in [1.165, 1.54) is 31.4 Å². The molecule has 0 bridgehead atoms. The number of H-pyrrole nitrogens is 1. The van der Waals surface area contributed by atoms with E-state index in [1.807, 2.05) is 0 Å². The Balaban J connectivity index is 2.04. The fraction of sp³-hybridized carbons (Fsp3) is 0.167. The lowest BCUT2D eigenvalue weighted by atomic mass is 10.0. The topological polar surface area (TPSA) is 42.1 Å².